The van der Waals surface area contributed by atoms with Crippen LogP contribution in [0.25, 0.3) is 5.82 Å². The van der Waals surface area contributed by atoms with Gasteiger partial charge in [0.1, 0.15) is 11.6 Å². The molecule has 0 spiro atoms. The molecule has 0 radical (unpaired) electrons. The molecule has 0 unspecified atom stereocenters. The van der Waals surface area contributed by atoms with Crippen LogP contribution in [0.3, 0.4) is 0 Å². The number of hydrogen-bond donors (Lipinski definition) is 1. The fraction of sp³-hybridized carbons (Fsp3) is 0.130. The molecule has 0 saturated heterocycles. The molecule has 0 aliphatic heterocycles. The Morgan fingerprint density at radius 3 is 2.40 bits per heavy atom. The largest absolute Gasteiger partial charge is 0.438 e. The number of carbonyl (C=O) groups is 1. The van der Waals surface area contributed by atoms with E-state index in [4.69, 9.17) is 4.74 Å². The molecular weight excluding hydrogens is 378 g/mol. The third-order valence-corrected chi connectivity index (χ3v) is 4.66. The standard InChI is InChI=1S/C23H21N5O2/c1-15-4-9-20(16(2)14-15)23(29)25-18-5-7-19(8-6-18)30-22-11-10-21(26-27-22)28-13-12-24-17(28)3/h4-14H,1-3H3,(H,25,29). The molecule has 0 atom stereocenters. The van der Waals surface area contributed by atoms with Gasteiger partial charge < -0.3 is 10.1 Å². The van der Waals surface area contributed by atoms with Crippen LogP contribution in [0.5, 0.6) is 11.6 Å². The summed E-state index contributed by atoms with van der Waals surface area (Å²) in [5.41, 5.74) is 3.41. The van der Waals surface area contributed by atoms with Crippen molar-refractivity contribution in [3.05, 3.63) is 89.5 Å². The molecule has 0 aliphatic rings. The second kappa shape index (κ2) is 8.16. The minimum absolute atomic E-state index is 0.141. The van der Waals surface area contributed by atoms with E-state index in [1.165, 1.54) is 0 Å². The maximum atomic E-state index is 12.5. The third kappa shape index (κ3) is 4.20. The topological polar surface area (TPSA) is 81.9 Å². The number of benzene rings is 2. The molecule has 1 amide bonds. The van der Waals surface area contributed by atoms with Gasteiger partial charge in [0.2, 0.25) is 5.88 Å². The van der Waals surface area contributed by atoms with Gasteiger partial charge in [-0.05, 0) is 62.7 Å². The summed E-state index contributed by atoms with van der Waals surface area (Å²) in [5, 5.41) is 11.2. The lowest BCUT2D eigenvalue weighted by molar-refractivity contribution is 0.102. The number of hydrogen-bond acceptors (Lipinski definition) is 5. The van der Waals surface area contributed by atoms with E-state index < -0.39 is 0 Å². The zero-order valence-corrected chi connectivity index (χ0v) is 17.0. The van der Waals surface area contributed by atoms with Crippen LogP contribution in [0.15, 0.2) is 67.0 Å². The van der Waals surface area contributed by atoms with Gasteiger partial charge >= 0.3 is 0 Å². The Kier molecular flexibility index (Phi) is 5.26. The van der Waals surface area contributed by atoms with Gasteiger partial charge in [0, 0.05) is 29.7 Å². The zero-order valence-electron chi connectivity index (χ0n) is 17.0. The molecule has 4 aromatic rings. The smallest absolute Gasteiger partial charge is 0.255 e. The number of nitrogens with one attached hydrogen (secondary N) is 1. The molecule has 2 aromatic heterocycles. The van der Waals surface area contributed by atoms with E-state index in [1.54, 1.807) is 36.5 Å². The van der Waals surface area contributed by atoms with Gasteiger partial charge in [-0.15, -0.1) is 10.2 Å². The van der Waals surface area contributed by atoms with Gasteiger partial charge in [-0.25, -0.2) is 4.98 Å². The summed E-state index contributed by atoms with van der Waals surface area (Å²) in [4.78, 5) is 16.7. The molecule has 30 heavy (non-hydrogen) atoms. The lowest BCUT2D eigenvalue weighted by Crippen LogP contribution is -2.13. The Bertz CT molecular complexity index is 1180. The first-order chi connectivity index (χ1) is 14.5. The summed E-state index contributed by atoms with van der Waals surface area (Å²) in [6.45, 7) is 5.83. The van der Waals surface area contributed by atoms with Crippen molar-refractivity contribution in [2.24, 2.45) is 0 Å². The van der Waals surface area contributed by atoms with Crippen LogP contribution in [0.4, 0.5) is 5.69 Å². The van der Waals surface area contributed by atoms with Crippen molar-refractivity contribution in [2.45, 2.75) is 20.8 Å². The molecule has 7 heteroatoms. The second-order valence-electron chi connectivity index (χ2n) is 6.97. The molecule has 1 N–H and O–H groups in total. The van der Waals surface area contributed by atoms with Crippen LogP contribution in [-0.4, -0.2) is 25.7 Å². The molecule has 0 saturated carbocycles. The highest BCUT2D eigenvalue weighted by atomic mass is 16.5. The maximum absolute atomic E-state index is 12.5. The first-order valence-electron chi connectivity index (χ1n) is 9.50. The third-order valence-electron chi connectivity index (χ3n) is 4.66. The molecule has 0 aliphatic carbocycles. The SMILES string of the molecule is Cc1ccc(C(=O)Nc2ccc(Oc3ccc(-n4ccnc4C)nn3)cc2)c(C)c1. The summed E-state index contributed by atoms with van der Waals surface area (Å²) in [6.07, 6.45) is 3.53. The summed E-state index contributed by atoms with van der Waals surface area (Å²) >= 11 is 0. The highest BCUT2D eigenvalue weighted by molar-refractivity contribution is 6.05. The number of nitrogens with zero attached hydrogens (tertiary/aromatic N) is 4. The van der Waals surface area contributed by atoms with E-state index in [9.17, 15) is 4.79 Å². The number of aromatic nitrogens is 4. The van der Waals surface area contributed by atoms with Crippen molar-refractivity contribution < 1.29 is 9.53 Å². The van der Waals surface area contributed by atoms with Crippen molar-refractivity contribution >= 4 is 11.6 Å². The van der Waals surface area contributed by atoms with Crippen molar-refractivity contribution in [3.8, 4) is 17.4 Å². The minimum Gasteiger partial charge on any atom is -0.438 e. The Morgan fingerprint density at radius 2 is 1.77 bits per heavy atom. The quantitative estimate of drug-likeness (QED) is 0.529. The van der Waals surface area contributed by atoms with Crippen molar-refractivity contribution in [2.75, 3.05) is 5.32 Å². The number of carbonyl (C=O) groups excluding carboxylic acids is 1. The molecule has 150 valence electrons. The number of rotatable bonds is 5. The lowest BCUT2D eigenvalue weighted by Gasteiger charge is -2.10. The molecule has 0 bridgehead atoms. The summed E-state index contributed by atoms with van der Waals surface area (Å²) in [7, 11) is 0. The van der Waals surface area contributed by atoms with Crippen LogP contribution in [0.1, 0.15) is 27.3 Å². The van der Waals surface area contributed by atoms with Crippen LogP contribution in [0, 0.1) is 20.8 Å². The van der Waals surface area contributed by atoms with E-state index in [0.29, 0.717) is 28.7 Å². The lowest BCUT2D eigenvalue weighted by atomic mass is 10.1. The Balaban J connectivity index is 1.41. The van der Waals surface area contributed by atoms with Crippen molar-refractivity contribution in [1.29, 1.82) is 0 Å². The van der Waals surface area contributed by atoms with Crippen molar-refractivity contribution in [1.82, 2.24) is 19.7 Å². The predicted molar refractivity (Wildman–Crippen MR) is 114 cm³/mol. The Hall–Kier alpha value is -4.00. The van der Waals surface area contributed by atoms with Gasteiger partial charge in [0.25, 0.3) is 5.91 Å². The number of aryl methyl sites for hydroxylation is 3. The van der Waals surface area contributed by atoms with Gasteiger partial charge in [-0.1, -0.05) is 17.7 Å². The summed E-state index contributed by atoms with van der Waals surface area (Å²) in [6, 6.07) is 16.4. The minimum atomic E-state index is -0.141. The van der Waals surface area contributed by atoms with Crippen LogP contribution >= 0.6 is 0 Å². The first-order valence-corrected chi connectivity index (χ1v) is 9.50. The summed E-state index contributed by atoms with van der Waals surface area (Å²) < 4.78 is 7.58. The van der Waals surface area contributed by atoms with E-state index >= 15 is 0 Å². The van der Waals surface area contributed by atoms with Crippen LogP contribution in [-0.2, 0) is 0 Å². The number of imidazole rings is 1. The molecule has 2 aromatic carbocycles. The van der Waals surface area contributed by atoms with Gasteiger partial charge in [0.15, 0.2) is 5.82 Å². The van der Waals surface area contributed by atoms with Gasteiger partial charge in [0.05, 0.1) is 0 Å². The molecule has 7 nitrogen and oxygen atoms in total. The van der Waals surface area contributed by atoms with Crippen molar-refractivity contribution in [3.63, 3.8) is 0 Å². The monoisotopic (exact) mass is 399 g/mol. The Labute approximate surface area is 174 Å². The number of anilines is 1. The fourth-order valence-electron chi connectivity index (χ4n) is 3.11. The van der Waals surface area contributed by atoms with Gasteiger partial charge in [-0.2, -0.15) is 0 Å². The molecular formula is C23H21N5O2. The predicted octanol–water partition coefficient (Wildman–Crippen LogP) is 4.63. The zero-order chi connectivity index (χ0) is 21.1. The maximum Gasteiger partial charge on any atom is 0.255 e. The molecule has 4 rings (SSSR count). The first kappa shape index (κ1) is 19.3. The van der Waals surface area contributed by atoms with Crippen LogP contribution < -0.4 is 10.1 Å². The molecule has 0 fully saturated rings. The molecule has 2 heterocycles. The second-order valence-corrected chi connectivity index (χ2v) is 6.97. The van der Waals surface area contributed by atoms with E-state index in [0.717, 1.165) is 17.0 Å². The average Bonchev–Trinajstić information content (AvgIpc) is 3.16. The summed E-state index contributed by atoms with van der Waals surface area (Å²) in [5.74, 6) is 2.33. The highest BCUT2D eigenvalue weighted by Crippen LogP contribution is 2.22. The van der Waals surface area contributed by atoms with E-state index in [2.05, 4.69) is 20.5 Å². The Morgan fingerprint density at radius 1 is 0.967 bits per heavy atom. The number of ether oxygens (including phenoxy) is 1. The highest BCUT2D eigenvalue weighted by Gasteiger charge is 2.10. The van der Waals surface area contributed by atoms with E-state index in [1.807, 2.05) is 55.8 Å². The normalized spacial score (nSPS) is 10.6. The van der Waals surface area contributed by atoms with Gasteiger partial charge in [-0.3, -0.25) is 9.36 Å². The number of amides is 1. The van der Waals surface area contributed by atoms with E-state index in [-0.39, 0.29) is 5.91 Å². The van der Waals surface area contributed by atoms with Crippen LogP contribution in [0.2, 0.25) is 0 Å². The fourth-order valence-corrected chi connectivity index (χ4v) is 3.11. The average molecular weight is 399 g/mol.